The summed E-state index contributed by atoms with van der Waals surface area (Å²) < 4.78 is 0. The second kappa shape index (κ2) is 17.8. The Bertz CT molecular complexity index is 749. The molecule has 0 saturated heterocycles. The van der Waals surface area contributed by atoms with Gasteiger partial charge in [0, 0.05) is 18.7 Å². The van der Waals surface area contributed by atoms with Gasteiger partial charge >= 0.3 is 13.1 Å². The van der Waals surface area contributed by atoms with Crippen LogP contribution in [-0.4, -0.2) is 53.5 Å². The van der Waals surface area contributed by atoms with Crippen LogP contribution in [0, 0.1) is 5.92 Å². The van der Waals surface area contributed by atoms with E-state index in [-0.39, 0.29) is 24.8 Å². The standard InChI is InChI=1S/C25H43BN4O5/c1-4-5-6-7-8-9-13-16-23(31)29-21(24(32)30-22(26(34)35)17-19(2)3)18-27-25(33)28-20-14-11-10-12-15-20/h10-12,14-15,19,21-22,34-35H,4-9,13,16-18H2,1-3H3,(H,29,31)(H,30,32)(H2,27,28,33)/t21-,22?/m0/s1. The quantitative estimate of drug-likeness (QED) is 0.147. The van der Waals surface area contributed by atoms with Crippen LogP contribution in [0.15, 0.2) is 30.3 Å². The molecule has 0 aliphatic carbocycles. The largest absolute Gasteiger partial charge is 0.475 e. The molecule has 2 atom stereocenters. The lowest BCUT2D eigenvalue weighted by Crippen LogP contribution is -2.57. The van der Waals surface area contributed by atoms with Crippen molar-refractivity contribution in [3.05, 3.63) is 30.3 Å². The maximum Gasteiger partial charge on any atom is 0.475 e. The van der Waals surface area contributed by atoms with Crippen molar-refractivity contribution >= 4 is 30.7 Å². The number of unbranched alkanes of at least 4 members (excludes halogenated alkanes) is 6. The molecule has 1 aromatic carbocycles. The van der Waals surface area contributed by atoms with Gasteiger partial charge in [0.15, 0.2) is 0 Å². The van der Waals surface area contributed by atoms with E-state index in [1.54, 1.807) is 24.3 Å². The third kappa shape index (κ3) is 14.4. The molecule has 10 heteroatoms. The number of hydrogen-bond donors (Lipinski definition) is 6. The van der Waals surface area contributed by atoms with E-state index in [4.69, 9.17) is 0 Å². The first-order valence-electron chi connectivity index (χ1n) is 12.8. The Labute approximate surface area is 210 Å². The molecule has 0 aliphatic rings. The lowest BCUT2D eigenvalue weighted by Gasteiger charge is -2.24. The molecule has 1 aromatic rings. The van der Waals surface area contributed by atoms with Crippen molar-refractivity contribution in [2.24, 2.45) is 5.92 Å². The second-order valence-corrected chi connectivity index (χ2v) is 9.35. The van der Waals surface area contributed by atoms with E-state index < -0.39 is 31.0 Å². The zero-order valence-electron chi connectivity index (χ0n) is 21.4. The highest BCUT2D eigenvalue weighted by molar-refractivity contribution is 6.43. The van der Waals surface area contributed by atoms with E-state index in [2.05, 4.69) is 28.2 Å². The summed E-state index contributed by atoms with van der Waals surface area (Å²) in [5.74, 6) is -1.64. The van der Waals surface area contributed by atoms with Gasteiger partial charge in [-0.15, -0.1) is 0 Å². The average Bonchev–Trinajstić information content (AvgIpc) is 2.81. The predicted molar refractivity (Wildman–Crippen MR) is 140 cm³/mol. The van der Waals surface area contributed by atoms with Crippen molar-refractivity contribution in [1.29, 1.82) is 0 Å². The number of urea groups is 1. The molecular formula is C25H43BN4O5. The first kappa shape index (κ1) is 30.4. The first-order valence-corrected chi connectivity index (χ1v) is 12.8. The number of benzene rings is 1. The highest BCUT2D eigenvalue weighted by atomic mass is 16.4. The van der Waals surface area contributed by atoms with Crippen molar-refractivity contribution < 1.29 is 24.4 Å². The van der Waals surface area contributed by atoms with Gasteiger partial charge in [0.25, 0.3) is 0 Å². The molecule has 0 spiro atoms. The summed E-state index contributed by atoms with van der Waals surface area (Å²) in [7, 11) is -1.74. The van der Waals surface area contributed by atoms with Crippen LogP contribution in [0.3, 0.4) is 0 Å². The fraction of sp³-hybridized carbons (Fsp3) is 0.640. The fourth-order valence-corrected chi connectivity index (χ4v) is 3.66. The Morgan fingerprint density at radius 2 is 1.54 bits per heavy atom. The summed E-state index contributed by atoms with van der Waals surface area (Å²) in [6.07, 6.45) is 8.15. The van der Waals surface area contributed by atoms with Crippen LogP contribution >= 0.6 is 0 Å². The number of rotatable bonds is 17. The molecule has 4 amide bonds. The van der Waals surface area contributed by atoms with E-state index in [1.807, 2.05) is 19.9 Å². The molecule has 1 rings (SSSR count). The summed E-state index contributed by atoms with van der Waals surface area (Å²) >= 11 is 0. The number of nitrogens with one attached hydrogen (secondary N) is 4. The maximum absolute atomic E-state index is 12.9. The summed E-state index contributed by atoms with van der Waals surface area (Å²) in [6, 6.07) is 7.28. The van der Waals surface area contributed by atoms with Crippen LogP contribution in [-0.2, 0) is 9.59 Å². The molecule has 0 aromatic heterocycles. The third-order valence-corrected chi connectivity index (χ3v) is 5.57. The molecule has 0 saturated carbocycles. The van der Waals surface area contributed by atoms with Gasteiger partial charge in [-0.05, 0) is 30.9 Å². The zero-order chi connectivity index (χ0) is 26.1. The van der Waals surface area contributed by atoms with Gasteiger partial charge in [-0.25, -0.2) is 4.79 Å². The zero-order valence-corrected chi connectivity index (χ0v) is 21.4. The van der Waals surface area contributed by atoms with Gasteiger partial charge in [-0.2, -0.15) is 0 Å². The minimum Gasteiger partial charge on any atom is -0.426 e. The first-order chi connectivity index (χ1) is 16.7. The number of para-hydroxylation sites is 1. The van der Waals surface area contributed by atoms with Crippen LogP contribution in [0.2, 0.25) is 0 Å². The number of anilines is 1. The number of carbonyl (C=O) groups excluding carboxylic acids is 3. The highest BCUT2D eigenvalue weighted by Crippen LogP contribution is 2.09. The molecular weight excluding hydrogens is 447 g/mol. The predicted octanol–water partition coefficient (Wildman–Crippen LogP) is 2.98. The van der Waals surface area contributed by atoms with E-state index in [0.717, 1.165) is 25.7 Å². The normalized spacial score (nSPS) is 12.5. The SMILES string of the molecule is CCCCCCCCCC(=O)N[C@@H](CNC(=O)Nc1ccccc1)C(=O)NC(CC(C)C)B(O)O. The van der Waals surface area contributed by atoms with Crippen molar-refractivity contribution in [2.75, 3.05) is 11.9 Å². The van der Waals surface area contributed by atoms with Crippen molar-refractivity contribution in [1.82, 2.24) is 16.0 Å². The molecule has 0 bridgehead atoms. The van der Waals surface area contributed by atoms with Crippen LogP contribution in [0.4, 0.5) is 10.5 Å². The molecule has 196 valence electrons. The van der Waals surface area contributed by atoms with Crippen LogP contribution in [0.5, 0.6) is 0 Å². The molecule has 6 N–H and O–H groups in total. The van der Waals surface area contributed by atoms with E-state index >= 15 is 0 Å². The van der Waals surface area contributed by atoms with Crippen molar-refractivity contribution in [3.63, 3.8) is 0 Å². The van der Waals surface area contributed by atoms with E-state index in [1.165, 1.54) is 19.3 Å². The maximum atomic E-state index is 12.9. The lowest BCUT2D eigenvalue weighted by molar-refractivity contribution is -0.129. The molecule has 0 fully saturated rings. The molecule has 0 heterocycles. The van der Waals surface area contributed by atoms with E-state index in [9.17, 15) is 24.4 Å². The van der Waals surface area contributed by atoms with Gasteiger partial charge < -0.3 is 31.3 Å². The van der Waals surface area contributed by atoms with E-state index in [0.29, 0.717) is 12.1 Å². The Hall–Kier alpha value is -2.59. The highest BCUT2D eigenvalue weighted by Gasteiger charge is 2.30. The van der Waals surface area contributed by atoms with Gasteiger partial charge in [-0.3, -0.25) is 9.59 Å². The fourth-order valence-electron chi connectivity index (χ4n) is 3.66. The third-order valence-electron chi connectivity index (χ3n) is 5.57. The van der Waals surface area contributed by atoms with Gasteiger partial charge in [0.2, 0.25) is 11.8 Å². The molecule has 1 unspecified atom stereocenters. The molecule has 0 radical (unpaired) electrons. The number of carbonyl (C=O) groups is 3. The summed E-state index contributed by atoms with van der Waals surface area (Å²) in [5.41, 5.74) is 0.592. The summed E-state index contributed by atoms with van der Waals surface area (Å²) in [6.45, 7) is 5.82. The number of hydrogen-bond acceptors (Lipinski definition) is 5. The van der Waals surface area contributed by atoms with Crippen LogP contribution < -0.4 is 21.3 Å². The Morgan fingerprint density at radius 3 is 2.14 bits per heavy atom. The minimum absolute atomic E-state index is 0.113. The minimum atomic E-state index is -1.74. The Kier molecular flexibility index (Phi) is 15.5. The van der Waals surface area contributed by atoms with Crippen molar-refractivity contribution in [2.45, 2.75) is 90.5 Å². The Morgan fingerprint density at radius 1 is 0.914 bits per heavy atom. The Balaban J connectivity index is 2.66. The number of amides is 4. The monoisotopic (exact) mass is 490 g/mol. The molecule has 0 aliphatic heterocycles. The van der Waals surface area contributed by atoms with Gasteiger partial charge in [-0.1, -0.05) is 77.5 Å². The van der Waals surface area contributed by atoms with Crippen LogP contribution in [0.25, 0.3) is 0 Å². The molecule has 35 heavy (non-hydrogen) atoms. The lowest BCUT2D eigenvalue weighted by atomic mass is 9.75. The topological polar surface area (TPSA) is 140 Å². The average molecular weight is 490 g/mol. The van der Waals surface area contributed by atoms with Crippen LogP contribution in [0.1, 0.15) is 78.6 Å². The summed E-state index contributed by atoms with van der Waals surface area (Å²) in [5, 5.41) is 29.9. The smallest absolute Gasteiger partial charge is 0.426 e. The summed E-state index contributed by atoms with van der Waals surface area (Å²) in [4.78, 5) is 37.7. The van der Waals surface area contributed by atoms with Gasteiger partial charge in [0.1, 0.15) is 6.04 Å². The van der Waals surface area contributed by atoms with Crippen molar-refractivity contribution in [3.8, 4) is 0 Å². The van der Waals surface area contributed by atoms with Gasteiger partial charge in [0.05, 0.1) is 5.94 Å². The second-order valence-electron chi connectivity index (χ2n) is 9.35. The molecule has 9 nitrogen and oxygen atoms in total.